The Morgan fingerprint density at radius 2 is 1.80 bits per heavy atom. The summed E-state index contributed by atoms with van der Waals surface area (Å²) in [5.74, 6) is -0.257. The first-order chi connectivity index (χ1) is 6.64. The maximum atomic E-state index is 11.2. The van der Waals surface area contributed by atoms with Crippen LogP contribution in [0.2, 0.25) is 0 Å². The van der Waals surface area contributed by atoms with Gasteiger partial charge in [0.05, 0.1) is 0 Å². The molecule has 0 radical (unpaired) electrons. The topological polar surface area (TPSA) is 80.4 Å². The highest BCUT2D eigenvalue weighted by Gasteiger charge is 2.23. The van der Waals surface area contributed by atoms with Crippen molar-refractivity contribution in [2.75, 3.05) is 0 Å². The zero-order chi connectivity index (χ0) is 11.9. The molecule has 0 saturated heterocycles. The maximum absolute atomic E-state index is 11.2. The minimum atomic E-state index is -3.87. The number of benzene rings is 1. The Morgan fingerprint density at radius 1 is 1.27 bits per heavy atom. The van der Waals surface area contributed by atoms with Crippen LogP contribution in [0, 0.1) is 0 Å². The standard InChI is InChI=1S/C10H15NO3S/c1-10(2,3)7-5-4-6-8(9(7)12)15(11,13)14/h4-6,12H,1-3H3,(H2,11,13,14). The number of phenols is 1. The molecule has 0 spiro atoms. The largest absolute Gasteiger partial charge is 0.506 e. The molecule has 0 amide bonds. The zero-order valence-electron chi connectivity index (χ0n) is 8.98. The molecule has 1 aromatic rings. The van der Waals surface area contributed by atoms with Gasteiger partial charge in [0, 0.05) is 5.56 Å². The molecule has 0 unspecified atom stereocenters. The van der Waals surface area contributed by atoms with Gasteiger partial charge in [0.25, 0.3) is 0 Å². The summed E-state index contributed by atoms with van der Waals surface area (Å²) in [4.78, 5) is -0.227. The van der Waals surface area contributed by atoms with Crippen LogP contribution in [0.5, 0.6) is 5.75 Å². The van der Waals surface area contributed by atoms with E-state index in [0.717, 1.165) is 0 Å². The highest BCUT2D eigenvalue weighted by Crippen LogP contribution is 2.34. The highest BCUT2D eigenvalue weighted by atomic mass is 32.2. The van der Waals surface area contributed by atoms with Crippen LogP contribution in [0.25, 0.3) is 0 Å². The second kappa shape index (κ2) is 3.50. The molecule has 84 valence electrons. The molecule has 0 fully saturated rings. The van der Waals surface area contributed by atoms with E-state index >= 15 is 0 Å². The fraction of sp³-hybridized carbons (Fsp3) is 0.400. The van der Waals surface area contributed by atoms with Crippen LogP contribution in [0.3, 0.4) is 0 Å². The van der Waals surface area contributed by atoms with Crippen LogP contribution in [0.4, 0.5) is 0 Å². The van der Waals surface area contributed by atoms with E-state index in [1.807, 2.05) is 20.8 Å². The summed E-state index contributed by atoms with van der Waals surface area (Å²) in [7, 11) is -3.87. The van der Waals surface area contributed by atoms with Gasteiger partial charge >= 0.3 is 0 Å². The van der Waals surface area contributed by atoms with E-state index in [0.29, 0.717) is 5.56 Å². The van der Waals surface area contributed by atoms with Crippen molar-refractivity contribution in [1.82, 2.24) is 0 Å². The van der Waals surface area contributed by atoms with Crippen LogP contribution in [0.15, 0.2) is 23.1 Å². The molecule has 0 saturated carbocycles. The quantitative estimate of drug-likeness (QED) is 0.762. The number of rotatable bonds is 1. The van der Waals surface area contributed by atoms with Crippen LogP contribution in [-0.4, -0.2) is 13.5 Å². The predicted octanol–water partition coefficient (Wildman–Crippen LogP) is 1.34. The first kappa shape index (κ1) is 12.0. The smallest absolute Gasteiger partial charge is 0.241 e. The van der Waals surface area contributed by atoms with E-state index in [2.05, 4.69) is 0 Å². The van der Waals surface area contributed by atoms with Gasteiger partial charge in [-0.15, -0.1) is 0 Å². The van der Waals surface area contributed by atoms with Crippen LogP contribution < -0.4 is 5.14 Å². The zero-order valence-corrected chi connectivity index (χ0v) is 9.80. The van der Waals surface area contributed by atoms with Crippen molar-refractivity contribution in [2.45, 2.75) is 31.1 Å². The Bertz CT molecular complexity index is 472. The van der Waals surface area contributed by atoms with Crippen molar-refractivity contribution < 1.29 is 13.5 Å². The molecular formula is C10H15NO3S. The van der Waals surface area contributed by atoms with Crippen molar-refractivity contribution in [3.63, 3.8) is 0 Å². The lowest BCUT2D eigenvalue weighted by Crippen LogP contribution is -2.16. The molecule has 0 aliphatic carbocycles. The predicted molar refractivity (Wildman–Crippen MR) is 58.2 cm³/mol. The Hall–Kier alpha value is -1.07. The first-order valence-electron chi connectivity index (χ1n) is 4.49. The Balaban J connectivity index is 3.51. The third-order valence-corrected chi connectivity index (χ3v) is 3.06. The van der Waals surface area contributed by atoms with Crippen LogP contribution in [0.1, 0.15) is 26.3 Å². The maximum Gasteiger partial charge on any atom is 0.241 e. The lowest BCUT2D eigenvalue weighted by Gasteiger charge is -2.21. The van der Waals surface area contributed by atoms with Crippen molar-refractivity contribution in [3.05, 3.63) is 23.8 Å². The highest BCUT2D eigenvalue weighted by molar-refractivity contribution is 7.89. The Labute approximate surface area is 89.8 Å². The van der Waals surface area contributed by atoms with E-state index in [-0.39, 0.29) is 16.1 Å². The summed E-state index contributed by atoms with van der Waals surface area (Å²) in [6.45, 7) is 5.65. The molecule has 0 aliphatic rings. The number of sulfonamides is 1. The van der Waals surface area contributed by atoms with Crippen molar-refractivity contribution in [3.8, 4) is 5.75 Å². The lowest BCUT2D eigenvalue weighted by molar-refractivity contribution is 0.432. The van der Waals surface area contributed by atoms with Crippen molar-refractivity contribution >= 4 is 10.0 Å². The van der Waals surface area contributed by atoms with Gasteiger partial charge in [0.2, 0.25) is 10.0 Å². The van der Waals surface area contributed by atoms with Crippen LogP contribution in [-0.2, 0) is 15.4 Å². The number of hydrogen-bond donors (Lipinski definition) is 2. The molecule has 4 nitrogen and oxygen atoms in total. The van der Waals surface area contributed by atoms with Crippen molar-refractivity contribution in [1.29, 1.82) is 0 Å². The summed E-state index contributed by atoms with van der Waals surface area (Å²) >= 11 is 0. The first-order valence-corrected chi connectivity index (χ1v) is 6.04. The third-order valence-electron chi connectivity index (χ3n) is 2.11. The third kappa shape index (κ3) is 2.49. The van der Waals surface area contributed by atoms with Gasteiger partial charge in [0.15, 0.2) is 0 Å². The Morgan fingerprint density at radius 3 is 2.20 bits per heavy atom. The summed E-state index contributed by atoms with van der Waals surface area (Å²) in [5.41, 5.74) is 0.235. The van der Waals surface area contributed by atoms with Gasteiger partial charge in [-0.05, 0) is 11.5 Å². The van der Waals surface area contributed by atoms with Gasteiger partial charge in [0.1, 0.15) is 10.6 Å². The number of para-hydroxylation sites is 1. The average Bonchev–Trinajstić information content (AvgIpc) is 1.99. The number of phenolic OH excluding ortho intramolecular Hbond substituents is 1. The van der Waals surface area contributed by atoms with Gasteiger partial charge in [-0.1, -0.05) is 32.9 Å². The molecular weight excluding hydrogens is 214 g/mol. The fourth-order valence-corrected chi connectivity index (χ4v) is 2.00. The molecule has 5 heteroatoms. The fourth-order valence-electron chi connectivity index (χ4n) is 1.36. The minimum Gasteiger partial charge on any atom is -0.506 e. The summed E-state index contributed by atoms with van der Waals surface area (Å²) in [6.07, 6.45) is 0. The van der Waals surface area contributed by atoms with E-state index in [1.165, 1.54) is 6.07 Å². The summed E-state index contributed by atoms with van der Waals surface area (Å²) in [5, 5.41) is 14.8. The number of nitrogens with two attached hydrogens (primary N) is 1. The van der Waals surface area contributed by atoms with Gasteiger partial charge in [-0.3, -0.25) is 0 Å². The molecule has 1 aromatic carbocycles. The average molecular weight is 229 g/mol. The minimum absolute atomic E-state index is 0.227. The Kier molecular flexibility index (Phi) is 2.80. The SMILES string of the molecule is CC(C)(C)c1cccc(S(N)(=O)=O)c1O. The summed E-state index contributed by atoms with van der Waals surface area (Å²) in [6, 6.07) is 4.55. The molecule has 15 heavy (non-hydrogen) atoms. The molecule has 0 aliphatic heterocycles. The molecule has 0 atom stereocenters. The number of aromatic hydroxyl groups is 1. The van der Waals surface area contributed by atoms with E-state index < -0.39 is 10.0 Å². The van der Waals surface area contributed by atoms with Crippen molar-refractivity contribution in [2.24, 2.45) is 5.14 Å². The molecule has 3 N–H and O–H groups in total. The molecule has 0 bridgehead atoms. The van der Waals surface area contributed by atoms with E-state index in [4.69, 9.17) is 5.14 Å². The second-order valence-electron chi connectivity index (χ2n) is 4.45. The van der Waals surface area contributed by atoms with Gasteiger partial charge < -0.3 is 5.11 Å². The lowest BCUT2D eigenvalue weighted by atomic mass is 9.86. The normalized spacial score (nSPS) is 12.8. The van der Waals surface area contributed by atoms with Crippen LogP contribution >= 0.6 is 0 Å². The van der Waals surface area contributed by atoms with Gasteiger partial charge in [-0.2, -0.15) is 0 Å². The van der Waals surface area contributed by atoms with E-state index in [1.54, 1.807) is 12.1 Å². The molecule has 0 heterocycles. The number of primary sulfonamides is 1. The second-order valence-corrected chi connectivity index (χ2v) is 5.98. The van der Waals surface area contributed by atoms with Gasteiger partial charge in [-0.25, -0.2) is 13.6 Å². The summed E-state index contributed by atoms with van der Waals surface area (Å²) < 4.78 is 22.3. The number of hydrogen-bond acceptors (Lipinski definition) is 3. The van der Waals surface area contributed by atoms with E-state index in [9.17, 15) is 13.5 Å². The molecule has 1 rings (SSSR count). The molecule has 0 aromatic heterocycles. The monoisotopic (exact) mass is 229 g/mol.